The predicted octanol–water partition coefficient (Wildman–Crippen LogP) is 3.45. The first-order valence-corrected chi connectivity index (χ1v) is 7.00. The zero-order chi connectivity index (χ0) is 12.4. The van der Waals surface area contributed by atoms with Crippen molar-refractivity contribution in [2.75, 3.05) is 19.0 Å². The van der Waals surface area contributed by atoms with E-state index >= 15 is 0 Å². The highest BCUT2D eigenvalue weighted by Crippen LogP contribution is 2.21. The number of hydrogen-bond acceptors (Lipinski definition) is 3. The fourth-order valence-electron chi connectivity index (χ4n) is 1.24. The molecule has 0 radical (unpaired) electrons. The van der Waals surface area contributed by atoms with E-state index in [0.717, 1.165) is 12.8 Å². The monoisotopic (exact) mass is 250 g/mol. The van der Waals surface area contributed by atoms with Gasteiger partial charge in [-0.25, -0.2) is 0 Å². The third-order valence-electron chi connectivity index (χ3n) is 1.99. The highest BCUT2D eigenvalue weighted by atomic mass is 32.2. The van der Waals surface area contributed by atoms with Gasteiger partial charge < -0.3 is 4.74 Å². The number of alkyl halides is 1. The van der Waals surface area contributed by atoms with Gasteiger partial charge in [-0.2, -0.15) is 0 Å². The van der Waals surface area contributed by atoms with Gasteiger partial charge in [-0.1, -0.05) is 20.8 Å². The molecule has 1 atom stereocenters. The molecule has 0 bridgehead atoms. The Balaban J connectivity index is 4.01. The molecule has 0 aromatic carbocycles. The molecular weight excluding hydrogens is 227 g/mol. The third-order valence-corrected chi connectivity index (χ3v) is 3.31. The number of halogens is 1. The molecule has 2 nitrogen and oxygen atoms in total. The Morgan fingerprint density at radius 2 is 2.12 bits per heavy atom. The van der Waals surface area contributed by atoms with Crippen molar-refractivity contribution in [3.8, 4) is 0 Å². The first kappa shape index (κ1) is 15.8. The minimum absolute atomic E-state index is 0.127. The van der Waals surface area contributed by atoms with E-state index < -0.39 is 0 Å². The van der Waals surface area contributed by atoms with Gasteiger partial charge in [0.25, 0.3) is 0 Å². The van der Waals surface area contributed by atoms with Crippen LogP contribution in [0, 0.1) is 5.92 Å². The van der Waals surface area contributed by atoms with E-state index in [0.29, 0.717) is 24.7 Å². The molecule has 0 aromatic rings. The van der Waals surface area contributed by atoms with Gasteiger partial charge in [-0.15, -0.1) is 11.8 Å². The largest absolute Gasteiger partial charge is 0.465 e. The first-order valence-electron chi connectivity index (χ1n) is 5.96. The van der Waals surface area contributed by atoms with E-state index in [1.54, 1.807) is 0 Å². The highest BCUT2D eigenvalue weighted by molar-refractivity contribution is 8.00. The minimum Gasteiger partial charge on any atom is -0.465 e. The van der Waals surface area contributed by atoms with Crippen molar-refractivity contribution in [1.82, 2.24) is 0 Å². The van der Waals surface area contributed by atoms with Crippen LogP contribution in [0.4, 0.5) is 4.39 Å². The molecule has 0 saturated carbocycles. The summed E-state index contributed by atoms with van der Waals surface area (Å²) >= 11 is 1.52. The number of rotatable bonds is 9. The van der Waals surface area contributed by atoms with Gasteiger partial charge in [0.15, 0.2) is 0 Å². The van der Waals surface area contributed by atoms with E-state index in [4.69, 9.17) is 4.74 Å². The van der Waals surface area contributed by atoms with Crippen molar-refractivity contribution >= 4 is 17.7 Å². The Morgan fingerprint density at radius 3 is 2.62 bits per heavy atom. The number of thioether (sulfide) groups is 1. The Morgan fingerprint density at radius 1 is 1.44 bits per heavy atom. The van der Waals surface area contributed by atoms with Crippen LogP contribution < -0.4 is 0 Å². The van der Waals surface area contributed by atoms with Crippen LogP contribution in [0.25, 0.3) is 0 Å². The summed E-state index contributed by atoms with van der Waals surface area (Å²) in [4.78, 5) is 11.7. The molecule has 0 N–H and O–H groups in total. The fourth-order valence-corrected chi connectivity index (χ4v) is 2.52. The lowest BCUT2D eigenvalue weighted by Crippen LogP contribution is -2.23. The molecule has 1 unspecified atom stereocenters. The maximum absolute atomic E-state index is 12.0. The van der Waals surface area contributed by atoms with Crippen LogP contribution >= 0.6 is 11.8 Å². The Bertz CT molecular complexity index is 186. The highest BCUT2D eigenvalue weighted by Gasteiger charge is 2.21. The minimum atomic E-state index is -0.314. The second-order valence-electron chi connectivity index (χ2n) is 4.20. The van der Waals surface area contributed by atoms with Crippen molar-refractivity contribution in [3.63, 3.8) is 0 Å². The second kappa shape index (κ2) is 9.94. The molecule has 0 amide bonds. The van der Waals surface area contributed by atoms with Crippen molar-refractivity contribution in [1.29, 1.82) is 0 Å². The molecule has 0 rings (SSSR count). The molecule has 0 aromatic heterocycles. The molecular formula is C12H23FO2S. The maximum Gasteiger partial charge on any atom is 0.319 e. The van der Waals surface area contributed by atoms with Crippen LogP contribution in [0.15, 0.2) is 0 Å². The SMILES string of the molecule is CCCOC(=O)C(CC(C)C)SCCCF. The van der Waals surface area contributed by atoms with Gasteiger partial charge in [-0.05, 0) is 30.9 Å². The summed E-state index contributed by atoms with van der Waals surface area (Å²) in [5.41, 5.74) is 0. The standard InChI is InChI=1S/C12H23FO2S/c1-4-7-15-12(14)11(9-10(2)3)16-8-5-6-13/h10-11H,4-9H2,1-3H3. The average Bonchev–Trinajstić information content (AvgIpc) is 2.24. The maximum atomic E-state index is 12.0. The Labute approximate surface area is 102 Å². The fraction of sp³-hybridized carbons (Fsp3) is 0.917. The van der Waals surface area contributed by atoms with Crippen molar-refractivity contribution in [2.24, 2.45) is 5.92 Å². The molecule has 0 saturated heterocycles. The third kappa shape index (κ3) is 7.97. The lowest BCUT2D eigenvalue weighted by Gasteiger charge is -2.17. The summed E-state index contributed by atoms with van der Waals surface area (Å²) < 4.78 is 17.1. The van der Waals surface area contributed by atoms with Crippen molar-refractivity contribution < 1.29 is 13.9 Å². The molecule has 0 heterocycles. The van der Waals surface area contributed by atoms with E-state index in [9.17, 15) is 9.18 Å². The van der Waals surface area contributed by atoms with E-state index in [2.05, 4.69) is 13.8 Å². The number of ether oxygens (including phenoxy) is 1. The normalized spacial score (nSPS) is 12.8. The van der Waals surface area contributed by atoms with Crippen molar-refractivity contribution in [3.05, 3.63) is 0 Å². The summed E-state index contributed by atoms with van der Waals surface area (Å²) in [6.45, 7) is 6.30. The molecule has 96 valence electrons. The summed E-state index contributed by atoms with van der Waals surface area (Å²) in [6, 6.07) is 0. The number of hydrogen-bond donors (Lipinski definition) is 0. The van der Waals surface area contributed by atoms with Crippen molar-refractivity contribution in [2.45, 2.75) is 45.3 Å². The topological polar surface area (TPSA) is 26.3 Å². The second-order valence-corrected chi connectivity index (χ2v) is 5.51. The summed E-state index contributed by atoms with van der Waals surface area (Å²) in [5.74, 6) is 1.01. The molecule has 0 fully saturated rings. The molecule has 0 spiro atoms. The van der Waals surface area contributed by atoms with Gasteiger partial charge in [0.1, 0.15) is 5.25 Å². The van der Waals surface area contributed by atoms with Gasteiger partial charge >= 0.3 is 5.97 Å². The zero-order valence-electron chi connectivity index (χ0n) is 10.5. The smallest absolute Gasteiger partial charge is 0.319 e. The molecule has 4 heteroatoms. The Hall–Kier alpha value is -0.250. The van der Waals surface area contributed by atoms with Gasteiger partial charge in [0.05, 0.1) is 13.3 Å². The Kier molecular flexibility index (Phi) is 9.78. The molecule has 16 heavy (non-hydrogen) atoms. The summed E-state index contributed by atoms with van der Waals surface area (Å²) in [6.07, 6.45) is 2.16. The first-order chi connectivity index (χ1) is 7.61. The van der Waals surface area contributed by atoms with Gasteiger partial charge in [0.2, 0.25) is 0 Å². The van der Waals surface area contributed by atoms with Gasteiger partial charge in [-0.3, -0.25) is 9.18 Å². The van der Waals surface area contributed by atoms with E-state index in [1.165, 1.54) is 11.8 Å². The predicted molar refractivity (Wildman–Crippen MR) is 67.5 cm³/mol. The lowest BCUT2D eigenvalue weighted by atomic mass is 10.1. The van der Waals surface area contributed by atoms with Crippen LogP contribution in [-0.4, -0.2) is 30.3 Å². The molecule has 0 aliphatic carbocycles. The van der Waals surface area contributed by atoms with Crippen LogP contribution in [0.1, 0.15) is 40.0 Å². The van der Waals surface area contributed by atoms with Crippen LogP contribution in [-0.2, 0) is 9.53 Å². The van der Waals surface area contributed by atoms with Crippen LogP contribution in [0.5, 0.6) is 0 Å². The lowest BCUT2D eigenvalue weighted by molar-refractivity contribution is -0.143. The zero-order valence-corrected chi connectivity index (χ0v) is 11.3. The summed E-state index contributed by atoms with van der Waals surface area (Å²) in [7, 11) is 0. The van der Waals surface area contributed by atoms with E-state index in [-0.39, 0.29) is 17.9 Å². The van der Waals surface area contributed by atoms with Gasteiger partial charge in [0, 0.05) is 0 Å². The summed E-state index contributed by atoms with van der Waals surface area (Å²) in [5, 5.41) is -0.127. The van der Waals surface area contributed by atoms with Crippen LogP contribution in [0.2, 0.25) is 0 Å². The van der Waals surface area contributed by atoms with Crippen LogP contribution in [0.3, 0.4) is 0 Å². The number of carbonyl (C=O) groups is 1. The number of esters is 1. The van der Waals surface area contributed by atoms with E-state index in [1.807, 2.05) is 6.92 Å². The average molecular weight is 250 g/mol. The molecule has 0 aliphatic heterocycles. The molecule has 0 aliphatic rings. The number of carbonyl (C=O) groups excluding carboxylic acids is 1. The quantitative estimate of drug-likeness (QED) is 0.463.